The van der Waals surface area contributed by atoms with Gasteiger partial charge in [0, 0.05) is 45.3 Å². The number of nitrogens with zero attached hydrogens (tertiary/aromatic N) is 4. The van der Waals surface area contributed by atoms with Gasteiger partial charge >= 0.3 is 0 Å². The largest absolute Gasteiger partial charge is 0.381 e. The highest BCUT2D eigenvalue weighted by Crippen LogP contribution is 2.34. The number of hydrogen-bond acceptors (Lipinski definition) is 7. The molecule has 1 amide bonds. The maximum absolute atomic E-state index is 12.9. The lowest BCUT2D eigenvalue weighted by atomic mass is 9.88. The Morgan fingerprint density at radius 1 is 1.19 bits per heavy atom. The molecule has 4 rings (SSSR count). The first-order valence-corrected chi connectivity index (χ1v) is 10.6. The monoisotopic (exact) mass is 380 g/mol. The first-order valence-electron chi connectivity index (χ1n) is 9.77. The quantitative estimate of drug-likeness (QED) is 0.795. The maximum Gasteiger partial charge on any atom is 0.226 e. The maximum atomic E-state index is 12.9. The molecular formula is C18H28N4O3S. The minimum absolute atomic E-state index is 0.132. The molecule has 0 atom stereocenters. The Balaban J connectivity index is 1.36. The van der Waals surface area contributed by atoms with E-state index < -0.39 is 0 Å². The van der Waals surface area contributed by atoms with Crippen LogP contribution in [0.2, 0.25) is 0 Å². The molecule has 3 fully saturated rings. The van der Waals surface area contributed by atoms with Crippen LogP contribution in [0.25, 0.3) is 0 Å². The Morgan fingerprint density at radius 2 is 1.96 bits per heavy atom. The van der Waals surface area contributed by atoms with Crippen LogP contribution < -0.4 is 4.90 Å². The number of morpholine rings is 1. The van der Waals surface area contributed by atoms with E-state index in [1.165, 1.54) is 0 Å². The van der Waals surface area contributed by atoms with Crippen LogP contribution in [0.3, 0.4) is 0 Å². The van der Waals surface area contributed by atoms with Crippen LogP contribution in [0.5, 0.6) is 0 Å². The molecule has 4 heterocycles. The highest BCUT2D eigenvalue weighted by molar-refractivity contribution is 7.15. The molecule has 0 saturated carbocycles. The molecule has 3 aliphatic heterocycles. The number of hydrogen-bond donors (Lipinski definition) is 0. The normalized spacial score (nSPS) is 24.2. The summed E-state index contributed by atoms with van der Waals surface area (Å²) in [6.45, 7) is 7.45. The van der Waals surface area contributed by atoms with Gasteiger partial charge in [0.05, 0.1) is 12.2 Å². The Morgan fingerprint density at radius 3 is 2.65 bits per heavy atom. The molecule has 26 heavy (non-hydrogen) atoms. The number of ether oxygens (including phenoxy) is 2. The molecule has 7 nitrogen and oxygen atoms in total. The molecule has 8 heteroatoms. The van der Waals surface area contributed by atoms with Crippen molar-refractivity contribution >= 4 is 22.4 Å². The lowest BCUT2D eigenvalue weighted by Gasteiger charge is -2.47. The van der Waals surface area contributed by atoms with E-state index in [9.17, 15) is 4.79 Å². The van der Waals surface area contributed by atoms with Crippen molar-refractivity contribution in [2.75, 3.05) is 50.9 Å². The van der Waals surface area contributed by atoms with Crippen molar-refractivity contribution in [3.63, 3.8) is 0 Å². The summed E-state index contributed by atoms with van der Waals surface area (Å²) in [5.74, 6) is 0.433. The standard InChI is InChI=1S/C18H28N4O3S/c1-2-15-19-20-17(26-15)21-7-5-18(6-8-21)13-22(9-12-25-18)16(23)14-3-10-24-11-4-14/h14H,2-13H2,1H3. The fourth-order valence-corrected chi connectivity index (χ4v) is 4.99. The van der Waals surface area contributed by atoms with Gasteiger partial charge in [-0.2, -0.15) is 0 Å². The van der Waals surface area contributed by atoms with E-state index in [2.05, 4.69) is 26.9 Å². The van der Waals surface area contributed by atoms with Gasteiger partial charge in [-0.05, 0) is 32.1 Å². The molecular weight excluding hydrogens is 352 g/mol. The smallest absolute Gasteiger partial charge is 0.226 e. The van der Waals surface area contributed by atoms with Crippen molar-refractivity contribution < 1.29 is 14.3 Å². The molecule has 3 saturated heterocycles. The summed E-state index contributed by atoms with van der Waals surface area (Å²) in [6.07, 6.45) is 4.51. The van der Waals surface area contributed by atoms with E-state index >= 15 is 0 Å². The van der Waals surface area contributed by atoms with Crippen molar-refractivity contribution in [3.8, 4) is 0 Å². The van der Waals surface area contributed by atoms with E-state index in [0.29, 0.717) is 25.7 Å². The SMILES string of the molecule is CCc1nnc(N2CCC3(CC2)CN(C(=O)C2CCOCC2)CCO3)s1. The molecule has 1 aromatic heterocycles. The van der Waals surface area contributed by atoms with Crippen LogP contribution in [0.4, 0.5) is 5.13 Å². The Labute approximate surface area is 158 Å². The molecule has 144 valence electrons. The average molecular weight is 381 g/mol. The molecule has 3 aliphatic rings. The second kappa shape index (κ2) is 7.78. The van der Waals surface area contributed by atoms with Gasteiger partial charge < -0.3 is 19.3 Å². The van der Waals surface area contributed by atoms with E-state index in [4.69, 9.17) is 9.47 Å². The third kappa shape index (κ3) is 3.73. The van der Waals surface area contributed by atoms with Crippen LogP contribution in [0, 0.1) is 5.92 Å². The lowest BCUT2D eigenvalue weighted by Crippen LogP contribution is -2.59. The molecule has 0 bridgehead atoms. The Hall–Kier alpha value is -1.25. The van der Waals surface area contributed by atoms with Gasteiger partial charge in [-0.15, -0.1) is 10.2 Å². The molecule has 0 aliphatic carbocycles. The second-order valence-electron chi connectivity index (χ2n) is 7.50. The van der Waals surface area contributed by atoms with Gasteiger partial charge in [-0.1, -0.05) is 18.3 Å². The van der Waals surface area contributed by atoms with E-state index in [0.717, 1.165) is 68.4 Å². The van der Waals surface area contributed by atoms with Crippen molar-refractivity contribution in [1.29, 1.82) is 0 Å². The van der Waals surface area contributed by atoms with Crippen LogP contribution in [-0.2, 0) is 20.7 Å². The third-order valence-electron chi connectivity index (χ3n) is 5.83. The first-order chi connectivity index (χ1) is 12.7. The topological polar surface area (TPSA) is 67.8 Å². The fourth-order valence-electron chi connectivity index (χ4n) is 4.16. The summed E-state index contributed by atoms with van der Waals surface area (Å²) in [6, 6.07) is 0. The van der Waals surface area contributed by atoms with Gasteiger partial charge in [0.1, 0.15) is 5.01 Å². The number of anilines is 1. The van der Waals surface area contributed by atoms with Gasteiger partial charge in [0.2, 0.25) is 11.0 Å². The van der Waals surface area contributed by atoms with Crippen LogP contribution in [0.15, 0.2) is 0 Å². The summed E-state index contributed by atoms with van der Waals surface area (Å²) < 4.78 is 11.6. The van der Waals surface area contributed by atoms with Crippen molar-refractivity contribution in [2.24, 2.45) is 5.92 Å². The zero-order valence-electron chi connectivity index (χ0n) is 15.5. The number of aryl methyl sites for hydroxylation is 1. The summed E-state index contributed by atoms with van der Waals surface area (Å²) in [5, 5.41) is 10.7. The fraction of sp³-hybridized carbons (Fsp3) is 0.833. The number of aromatic nitrogens is 2. The number of carbonyl (C=O) groups is 1. The predicted octanol–water partition coefficient (Wildman–Crippen LogP) is 1.72. The highest BCUT2D eigenvalue weighted by atomic mass is 32.1. The van der Waals surface area contributed by atoms with Gasteiger partial charge in [0.15, 0.2) is 0 Å². The zero-order valence-corrected chi connectivity index (χ0v) is 16.3. The Bertz CT molecular complexity index is 624. The first kappa shape index (κ1) is 18.1. The van der Waals surface area contributed by atoms with Gasteiger partial charge in [-0.3, -0.25) is 4.79 Å². The average Bonchev–Trinajstić information content (AvgIpc) is 3.18. The van der Waals surface area contributed by atoms with E-state index in [1.54, 1.807) is 11.3 Å². The molecule has 1 aromatic rings. The van der Waals surface area contributed by atoms with Crippen molar-refractivity contribution in [2.45, 2.75) is 44.6 Å². The van der Waals surface area contributed by atoms with Crippen LogP contribution in [0.1, 0.15) is 37.6 Å². The van der Waals surface area contributed by atoms with E-state index in [1.807, 2.05) is 0 Å². The number of amides is 1. The second-order valence-corrected chi connectivity index (χ2v) is 8.54. The minimum atomic E-state index is -0.187. The minimum Gasteiger partial charge on any atom is -0.381 e. The molecule has 1 spiro atoms. The predicted molar refractivity (Wildman–Crippen MR) is 99.5 cm³/mol. The summed E-state index contributed by atoms with van der Waals surface area (Å²) in [7, 11) is 0. The Kier molecular flexibility index (Phi) is 5.42. The summed E-state index contributed by atoms with van der Waals surface area (Å²) in [5.41, 5.74) is -0.187. The zero-order chi connectivity index (χ0) is 18.0. The highest BCUT2D eigenvalue weighted by Gasteiger charge is 2.42. The van der Waals surface area contributed by atoms with Crippen molar-refractivity contribution in [3.05, 3.63) is 5.01 Å². The third-order valence-corrected chi connectivity index (χ3v) is 6.96. The molecule has 0 unspecified atom stereocenters. The number of piperidine rings is 1. The van der Waals surface area contributed by atoms with Gasteiger partial charge in [-0.25, -0.2) is 0 Å². The van der Waals surface area contributed by atoms with E-state index in [-0.39, 0.29) is 11.5 Å². The molecule has 0 radical (unpaired) electrons. The number of rotatable bonds is 3. The number of carbonyl (C=O) groups excluding carboxylic acids is 1. The molecule has 0 N–H and O–H groups in total. The van der Waals surface area contributed by atoms with Crippen molar-refractivity contribution in [1.82, 2.24) is 15.1 Å². The molecule has 0 aromatic carbocycles. The summed E-state index contributed by atoms with van der Waals surface area (Å²) in [4.78, 5) is 17.2. The summed E-state index contributed by atoms with van der Waals surface area (Å²) >= 11 is 1.69. The lowest BCUT2D eigenvalue weighted by molar-refractivity contribution is -0.160. The van der Waals surface area contributed by atoms with Crippen LogP contribution in [-0.4, -0.2) is 72.6 Å². The van der Waals surface area contributed by atoms with Crippen LogP contribution >= 0.6 is 11.3 Å². The van der Waals surface area contributed by atoms with Gasteiger partial charge in [0.25, 0.3) is 0 Å².